The summed E-state index contributed by atoms with van der Waals surface area (Å²) in [6, 6.07) is 9.80. The van der Waals surface area contributed by atoms with Crippen LogP contribution in [0.25, 0.3) is 11.3 Å². The average Bonchev–Trinajstić information content (AvgIpc) is 3.25. The van der Waals surface area contributed by atoms with Crippen molar-refractivity contribution >= 4 is 38.9 Å². The highest BCUT2D eigenvalue weighted by Gasteiger charge is 2.27. The highest BCUT2D eigenvalue weighted by molar-refractivity contribution is 7.90. The summed E-state index contributed by atoms with van der Waals surface area (Å²) in [4.78, 5) is 20.0. The SMILES string of the molecule is CNCCNc1ncc(C(=O)Nc2ccc(OC(F)(F)Cl)cc2)cc1-c1ccc(S(C)(=O)=O)[nH]1. The van der Waals surface area contributed by atoms with Crippen molar-refractivity contribution < 1.29 is 26.7 Å². The number of hydrogen-bond acceptors (Lipinski definition) is 7. The van der Waals surface area contributed by atoms with Crippen LogP contribution in [0.3, 0.4) is 0 Å². The van der Waals surface area contributed by atoms with Crippen LogP contribution in [0.4, 0.5) is 20.3 Å². The van der Waals surface area contributed by atoms with E-state index in [1.54, 1.807) is 19.2 Å². The molecular weight excluding hydrogens is 492 g/mol. The quantitative estimate of drug-likeness (QED) is 0.241. The van der Waals surface area contributed by atoms with E-state index in [4.69, 9.17) is 11.6 Å². The van der Waals surface area contributed by atoms with Crippen molar-refractivity contribution in [3.8, 4) is 17.0 Å². The number of hydrogen-bond donors (Lipinski definition) is 4. The second-order valence-corrected chi connectivity index (χ2v) is 9.61. The third kappa shape index (κ3) is 6.89. The maximum Gasteiger partial charge on any atom is 0.487 e. The fraction of sp³-hybridized carbons (Fsp3) is 0.238. The second-order valence-electron chi connectivity index (χ2n) is 7.19. The molecule has 3 rings (SSSR count). The van der Waals surface area contributed by atoms with Gasteiger partial charge in [-0.3, -0.25) is 4.79 Å². The van der Waals surface area contributed by atoms with E-state index in [0.717, 1.165) is 6.26 Å². The van der Waals surface area contributed by atoms with Crippen LogP contribution in [0.5, 0.6) is 5.75 Å². The predicted molar refractivity (Wildman–Crippen MR) is 125 cm³/mol. The molecule has 182 valence electrons. The van der Waals surface area contributed by atoms with Crippen LogP contribution in [-0.2, 0) is 9.84 Å². The van der Waals surface area contributed by atoms with E-state index in [-0.39, 0.29) is 16.3 Å². The number of carbonyl (C=O) groups excluding carboxylic acids is 1. The van der Waals surface area contributed by atoms with Crippen LogP contribution < -0.4 is 20.7 Å². The summed E-state index contributed by atoms with van der Waals surface area (Å²) < 4.78 is 53.4. The first-order valence-corrected chi connectivity index (χ1v) is 12.2. The Labute approximate surface area is 199 Å². The van der Waals surface area contributed by atoms with Crippen LogP contribution in [0, 0.1) is 0 Å². The topological polar surface area (TPSA) is 125 Å². The summed E-state index contributed by atoms with van der Waals surface area (Å²) in [5.74, 6) is -0.230. The number of pyridine rings is 1. The third-order valence-electron chi connectivity index (χ3n) is 4.51. The van der Waals surface area contributed by atoms with Crippen LogP contribution >= 0.6 is 11.6 Å². The molecule has 0 radical (unpaired) electrons. The number of ether oxygens (including phenoxy) is 1. The molecule has 2 aromatic heterocycles. The molecule has 0 spiro atoms. The lowest BCUT2D eigenvalue weighted by molar-refractivity contribution is -0.0964. The summed E-state index contributed by atoms with van der Waals surface area (Å²) in [7, 11) is -1.66. The standard InChI is InChI=1S/C21H22ClF2N5O4S/c1-25-9-10-26-19-16(17-7-8-18(29-17)34(2,31)32)11-13(12-27-19)20(30)28-14-3-5-15(6-4-14)33-21(22,23)24/h3-8,11-12,25,29H,9-10H2,1-2H3,(H,26,27)(H,28,30). The Hall–Kier alpha value is -3.22. The number of aromatic amines is 1. The number of rotatable bonds is 10. The fourth-order valence-corrected chi connectivity index (χ4v) is 3.63. The number of halogens is 3. The number of aromatic nitrogens is 2. The van der Waals surface area contributed by atoms with Gasteiger partial charge in [0.2, 0.25) is 0 Å². The van der Waals surface area contributed by atoms with Gasteiger partial charge in [0.1, 0.15) is 16.6 Å². The smallest absolute Gasteiger partial charge is 0.420 e. The number of anilines is 2. The molecule has 2 heterocycles. The van der Waals surface area contributed by atoms with Crippen LogP contribution in [0.15, 0.2) is 53.7 Å². The molecule has 4 N–H and O–H groups in total. The highest BCUT2D eigenvalue weighted by Crippen LogP contribution is 2.29. The molecular formula is C21H22ClF2N5O4S. The van der Waals surface area contributed by atoms with E-state index in [0.29, 0.717) is 35.9 Å². The maximum absolute atomic E-state index is 12.8. The molecule has 0 saturated carbocycles. The lowest BCUT2D eigenvalue weighted by Crippen LogP contribution is -2.19. The van der Waals surface area contributed by atoms with Crippen molar-refractivity contribution in [2.75, 3.05) is 37.0 Å². The normalized spacial score (nSPS) is 11.8. The van der Waals surface area contributed by atoms with Crippen molar-refractivity contribution in [2.24, 2.45) is 0 Å². The third-order valence-corrected chi connectivity index (χ3v) is 5.63. The van der Waals surface area contributed by atoms with E-state index < -0.39 is 21.3 Å². The van der Waals surface area contributed by atoms with Gasteiger partial charge in [-0.2, -0.15) is 0 Å². The molecule has 0 aliphatic rings. The largest absolute Gasteiger partial charge is 0.487 e. The molecule has 0 saturated heterocycles. The van der Waals surface area contributed by atoms with Gasteiger partial charge in [-0.05, 0) is 49.5 Å². The molecule has 0 aliphatic carbocycles. The molecule has 0 fully saturated rings. The zero-order chi connectivity index (χ0) is 24.9. The van der Waals surface area contributed by atoms with E-state index >= 15 is 0 Å². The number of amides is 1. The van der Waals surface area contributed by atoms with Gasteiger partial charge in [-0.25, -0.2) is 13.4 Å². The molecule has 0 bridgehead atoms. The zero-order valence-electron chi connectivity index (χ0n) is 18.2. The van der Waals surface area contributed by atoms with E-state index in [1.807, 2.05) is 0 Å². The monoisotopic (exact) mass is 513 g/mol. The fourth-order valence-electron chi connectivity index (χ4n) is 2.93. The van der Waals surface area contributed by atoms with E-state index in [1.165, 1.54) is 36.5 Å². The van der Waals surface area contributed by atoms with Crippen molar-refractivity contribution in [2.45, 2.75) is 10.6 Å². The number of nitrogens with zero attached hydrogens (tertiary/aromatic N) is 1. The summed E-state index contributed by atoms with van der Waals surface area (Å²) in [6.45, 7) is 1.19. The number of sulfone groups is 1. The van der Waals surface area contributed by atoms with Gasteiger partial charge in [0.25, 0.3) is 5.91 Å². The molecule has 1 aromatic carbocycles. The molecule has 34 heavy (non-hydrogen) atoms. The molecule has 1 amide bonds. The highest BCUT2D eigenvalue weighted by atomic mass is 35.5. The molecule has 13 heteroatoms. The number of H-pyrrole nitrogens is 1. The average molecular weight is 514 g/mol. The van der Waals surface area contributed by atoms with Crippen molar-refractivity contribution in [1.29, 1.82) is 0 Å². The minimum atomic E-state index is -3.84. The number of nitrogens with one attached hydrogen (secondary N) is 4. The molecule has 0 unspecified atom stereocenters. The lowest BCUT2D eigenvalue weighted by atomic mass is 10.1. The minimum Gasteiger partial charge on any atom is -0.420 e. The maximum atomic E-state index is 12.8. The lowest BCUT2D eigenvalue weighted by Gasteiger charge is -2.13. The van der Waals surface area contributed by atoms with Crippen molar-refractivity contribution in [1.82, 2.24) is 15.3 Å². The Bertz CT molecular complexity index is 1260. The van der Waals surface area contributed by atoms with Gasteiger partial charge in [0.05, 0.1) is 11.3 Å². The summed E-state index contributed by atoms with van der Waals surface area (Å²) in [5, 5.41) is 8.80. The Kier molecular flexibility index (Phi) is 7.75. The van der Waals surface area contributed by atoms with Crippen molar-refractivity contribution in [3.05, 3.63) is 54.2 Å². The van der Waals surface area contributed by atoms with Gasteiger partial charge in [0.15, 0.2) is 9.84 Å². The predicted octanol–water partition coefficient (Wildman–Crippen LogP) is 3.53. The van der Waals surface area contributed by atoms with E-state index in [9.17, 15) is 22.0 Å². The first-order chi connectivity index (χ1) is 16.0. The Balaban J connectivity index is 1.86. The van der Waals surface area contributed by atoms with Gasteiger partial charge >= 0.3 is 5.57 Å². The van der Waals surface area contributed by atoms with Gasteiger partial charge < -0.3 is 25.7 Å². The summed E-state index contributed by atoms with van der Waals surface area (Å²) in [6.07, 6.45) is 2.45. The Morgan fingerprint density at radius 2 is 1.88 bits per heavy atom. The van der Waals surface area contributed by atoms with E-state index in [2.05, 4.69) is 30.7 Å². The molecule has 0 atom stereocenters. The molecule has 0 aliphatic heterocycles. The summed E-state index contributed by atoms with van der Waals surface area (Å²) >= 11 is 4.74. The number of alkyl halides is 3. The number of benzene rings is 1. The van der Waals surface area contributed by atoms with Gasteiger partial charge in [-0.15, -0.1) is 8.78 Å². The van der Waals surface area contributed by atoms with Crippen molar-refractivity contribution in [3.63, 3.8) is 0 Å². The Morgan fingerprint density at radius 3 is 2.47 bits per heavy atom. The summed E-state index contributed by atoms with van der Waals surface area (Å²) in [5.41, 5.74) is -2.38. The van der Waals surface area contributed by atoms with Crippen LogP contribution in [0.1, 0.15) is 10.4 Å². The molecule has 9 nitrogen and oxygen atoms in total. The van der Waals surface area contributed by atoms with Crippen LogP contribution in [-0.4, -0.2) is 56.3 Å². The Morgan fingerprint density at radius 1 is 1.18 bits per heavy atom. The first kappa shape index (κ1) is 25.4. The number of carbonyl (C=O) groups is 1. The van der Waals surface area contributed by atoms with Gasteiger partial charge in [0, 0.05) is 48.4 Å². The van der Waals surface area contributed by atoms with Gasteiger partial charge in [-0.1, -0.05) is 0 Å². The first-order valence-electron chi connectivity index (χ1n) is 9.91. The van der Waals surface area contributed by atoms with Crippen LogP contribution in [0.2, 0.25) is 0 Å². The zero-order valence-corrected chi connectivity index (χ0v) is 19.7. The molecule has 3 aromatic rings. The minimum absolute atomic E-state index is 0.0309. The number of likely N-dealkylation sites (N-methyl/N-ethyl adjacent to an activating group) is 1. The second kappa shape index (κ2) is 10.4.